The number of anilines is 2. The van der Waals surface area contributed by atoms with Crippen molar-refractivity contribution >= 4 is 40.4 Å². The van der Waals surface area contributed by atoms with Gasteiger partial charge in [0.15, 0.2) is 12.9 Å². The van der Waals surface area contributed by atoms with E-state index in [-0.39, 0.29) is 0 Å². The molecule has 3 aromatic carbocycles. The largest absolute Gasteiger partial charge is 0.496 e. The number of methoxy groups -OCH3 is 2. The van der Waals surface area contributed by atoms with E-state index >= 15 is 4.57 Å². The Morgan fingerprint density at radius 1 is 0.833 bits per heavy atom. The van der Waals surface area contributed by atoms with Gasteiger partial charge in [0, 0.05) is 72.2 Å². The second kappa shape index (κ2) is 11.7. The van der Waals surface area contributed by atoms with Gasteiger partial charge < -0.3 is 23.8 Å². The minimum Gasteiger partial charge on any atom is -0.496 e. The summed E-state index contributed by atoms with van der Waals surface area (Å²) in [5.74, 6) is 1.41. The molecule has 1 atom stereocenters. The van der Waals surface area contributed by atoms with E-state index in [0.717, 1.165) is 68.4 Å². The summed E-state index contributed by atoms with van der Waals surface area (Å²) >= 11 is 0. The fourth-order valence-corrected chi connectivity index (χ4v) is 9.04. The highest BCUT2D eigenvalue weighted by Gasteiger charge is 2.44. The first-order chi connectivity index (χ1) is 20.2. The fraction of sp³-hybridized carbons (Fsp3) is 0.286. The predicted octanol–water partition coefficient (Wildman–Crippen LogP) is 5.91. The van der Waals surface area contributed by atoms with Gasteiger partial charge in [-0.2, -0.15) is 0 Å². The van der Waals surface area contributed by atoms with E-state index < -0.39 is 7.14 Å². The molecule has 7 heteroatoms. The van der Waals surface area contributed by atoms with Crippen LogP contribution in [-0.4, -0.2) is 65.8 Å². The smallest absolute Gasteiger partial charge is 0.200 e. The van der Waals surface area contributed by atoms with Crippen LogP contribution in [-0.2, 0) is 4.57 Å². The van der Waals surface area contributed by atoms with Gasteiger partial charge in [0.2, 0.25) is 0 Å². The van der Waals surface area contributed by atoms with Gasteiger partial charge in [-0.3, -0.25) is 0 Å². The topological polar surface area (TPSA) is 45.0 Å². The number of hydrogen-bond donors (Lipinski definition) is 0. The number of fused-ring (bicyclic) bond motifs is 2. The number of benzene rings is 3. The van der Waals surface area contributed by atoms with Gasteiger partial charge in [-0.25, -0.2) is 4.58 Å². The van der Waals surface area contributed by atoms with E-state index in [1.54, 1.807) is 14.2 Å². The average molecular weight is 583 g/mol. The van der Waals surface area contributed by atoms with E-state index in [2.05, 4.69) is 76.8 Å². The monoisotopic (exact) mass is 582 g/mol. The Morgan fingerprint density at radius 2 is 1.50 bits per heavy atom. The van der Waals surface area contributed by atoms with Crippen molar-refractivity contribution in [3.05, 3.63) is 101 Å². The molecule has 6 nitrogen and oxygen atoms in total. The first kappa shape index (κ1) is 29.5. The molecule has 42 heavy (non-hydrogen) atoms. The molecule has 0 radical (unpaired) electrons. The second-order valence-electron chi connectivity index (χ2n) is 10.9. The SMILES string of the molecule is CCN(CC)c1cccc(P2(=O)C3=CC(=[N+](C)C)C=CC3=C(c3c(OC)cccc3OC)c3ccc(N(C)C)cc32)c1. The first-order valence-electron chi connectivity index (χ1n) is 14.4. The van der Waals surface area contributed by atoms with Crippen molar-refractivity contribution in [3.63, 3.8) is 0 Å². The van der Waals surface area contributed by atoms with Crippen LogP contribution in [0.25, 0.3) is 5.57 Å². The highest BCUT2D eigenvalue weighted by molar-refractivity contribution is 7.83. The summed E-state index contributed by atoms with van der Waals surface area (Å²) < 4.78 is 30.0. The number of rotatable bonds is 8. The van der Waals surface area contributed by atoms with Crippen molar-refractivity contribution in [2.75, 3.05) is 65.3 Å². The Kier molecular flexibility index (Phi) is 8.21. The lowest BCUT2D eigenvalue weighted by Gasteiger charge is -2.35. The Morgan fingerprint density at radius 3 is 2.10 bits per heavy atom. The summed E-state index contributed by atoms with van der Waals surface area (Å²) in [6, 6.07) is 20.4. The molecule has 1 aliphatic carbocycles. The number of hydrogen-bond acceptors (Lipinski definition) is 5. The Bertz CT molecular complexity index is 1680. The molecule has 0 saturated carbocycles. The third kappa shape index (κ3) is 4.78. The van der Waals surface area contributed by atoms with Gasteiger partial charge in [-0.05, 0) is 67.5 Å². The fourth-order valence-electron chi connectivity index (χ4n) is 5.93. The van der Waals surface area contributed by atoms with Gasteiger partial charge >= 0.3 is 0 Å². The normalized spacial score (nSPS) is 17.3. The molecule has 1 unspecified atom stereocenters. The van der Waals surface area contributed by atoms with Crippen LogP contribution in [0.1, 0.15) is 25.0 Å². The average Bonchev–Trinajstić information content (AvgIpc) is 3.01. The Balaban J connectivity index is 1.95. The van der Waals surface area contributed by atoms with Gasteiger partial charge in [0.25, 0.3) is 0 Å². The molecule has 1 aliphatic heterocycles. The van der Waals surface area contributed by atoms with Crippen molar-refractivity contribution < 1.29 is 18.6 Å². The quantitative estimate of drug-likeness (QED) is 0.244. The number of nitrogens with zero attached hydrogens (tertiary/aromatic N) is 3. The Hall–Kier alpha value is -4.02. The maximum absolute atomic E-state index is 16.1. The molecule has 0 fully saturated rings. The lowest BCUT2D eigenvalue weighted by molar-refractivity contribution is -0.462. The molecule has 218 valence electrons. The molecule has 3 aromatic rings. The van der Waals surface area contributed by atoms with Crippen LogP contribution in [0.2, 0.25) is 0 Å². The maximum Gasteiger partial charge on any atom is 0.200 e. The van der Waals surface area contributed by atoms with Crippen molar-refractivity contribution in [2.45, 2.75) is 13.8 Å². The van der Waals surface area contributed by atoms with E-state index in [9.17, 15) is 0 Å². The molecular formula is C35H41N3O3P+. The molecule has 0 spiro atoms. The van der Waals surface area contributed by atoms with Crippen LogP contribution < -0.4 is 29.9 Å². The molecule has 2 aliphatic rings. The van der Waals surface area contributed by atoms with Crippen LogP contribution in [0.15, 0.2) is 89.8 Å². The van der Waals surface area contributed by atoms with Crippen LogP contribution in [0, 0.1) is 0 Å². The summed E-state index contributed by atoms with van der Waals surface area (Å²) in [7, 11) is 8.07. The summed E-state index contributed by atoms with van der Waals surface area (Å²) in [6.07, 6.45) is 6.31. The van der Waals surface area contributed by atoms with E-state index in [1.165, 1.54) is 0 Å². The van der Waals surface area contributed by atoms with Crippen molar-refractivity contribution in [1.82, 2.24) is 0 Å². The Labute approximate surface area is 250 Å². The van der Waals surface area contributed by atoms with Crippen molar-refractivity contribution in [3.8, 4) is 11.5 Å². The van der Waals surface area contributed by atoms with Gasteiger partial charge in [0.05, 0.1) is 19.8 Å². The van der Waals surface area contributed by atoms with Gasteiger partial charge in [-0.1, -0.05) is 24.3 Å². The van der Waals surface area contributed by atoms with E-state index in [1.807, 2.05) is 58.5 Å². The zero-order valence-electron chi connectivity index (χ0n) is 25.9. The molecule has 0 N–H and O–H groups in total. The lowest BCUT2D eigenvalue weighted by atomic mass is 9.88. The summed E-state index contributed by atoms with van der Waals surface area (Å²) in [5, 5.41) is 2.46. The minimum absolute atomic E-state index is 0.704. The predicted molar refractivity (Wildman–Crippen MR) is 178 cm³/mol. The molecule has 0 amide bonds. The molecule has 0 saturated heterocycles. The highest BCUT2D eigenvalue weighted by atomic mass is 31.2. The maximum atomic E-state index is 16.1. The van der Waals surface area contributed by atoms with Crippen molar-refractivity contribution in [2.24, 2.45) is 0 Å². The summed E-state index contributed by atoms with van der Waals surface area (Å²) in [5.41, 5.74) is 6.71. The molecule has 0 bridgehead atoms. The van der Waals surface area contributed by atoms with Crippen LogP contribution in [0.5, 0.6) is 11.5 Å². The molecule has 1 heterocycles. The van der Waals surface area contributed by atoms with Crippen LogP contribution >= 0.6 is 7.14 Å². The standard InChI is InChI=1S/C35H41N3O3P/c1-9-38(10-2)26-13-11-14-27(21-26)42(39)32-22-24(36(3)4)17-19-28(32)34(29-20-18-25(37(5)6)23-33(29)42)35-30(40-7)15-12-16-31(35)41-8/h11-23H,9-10H2,1-8H3/q+1. The highest BCUT2D eigenvalue weighted by Crippen LogP contribution is 2.63. The van der Waals surface area contributed by atoms with Gasteiger partial charge in [0.1, 0.15) is 25.6 Å². The zero-order valence-corrected chi connectivity index (χ0v) is 26.8. The summed E-state index contributed by atoms with van der Waals surface area (Å²) in [4.78, 5) is 4.36. The van der Waals surface area contributed by atoms with E-state index in [4.69, 9.17) is 9.47 Å². The third-order valence-electron chi connectivity index (χ3n) is 8.21. The van der Waals surface area contributed by atoms with Crippen molar-refractivity contribution in [1.29, 1.82) is 0 Å². The second-order valence-corrected chi connectivity index (χ2v) is 13.6. The summed E-state index contributed by atoms with van der Waals surface area (Å²) in [6.45, 7) is 6.05. The van der Waals surface area contributed by atoms with Crippen LogP contribution in [0.3, 0.4) is 0 Å². The minimum atomic E-state index is -3.35. The number of ether oxygens (including phenoxy) is 2. The molecule has 0 aromatic heterocycles. The molecular weight excluding hydrogens is 541 g/mol. The number of allylic oxidation sites excluding steroid dienone is 5. The first-order valence-corrected chi connectivity index (χ1v) is 16.1. The van der Waals surface area contributed by atoms with Gasteiger partial charge in [-0.15, -0.1) is 0 Å². The lowest BCUT2D eigenvalue weighted by Crippen LogP contribution is -2.29. The third-order valence-corrected chi connectivity index (χ3v) is 11.3. The molecule has 5 rings (SSSR count). The van der Waals surface area contributed by atoms with E-state index in [0.29, 0.717) is 11.5 Å². The van der Waals surface area contributed by atoms with Crippen LogP contribution in [0.4, 0.5) is 11.4 Å². The zero-order chi connectivity index (χ0) is 30.2.